The van der Waals surface area contributed by atoms with Gasteiger partial charge in [0, 0.05) is 35.3 Å². The van der Waals surface area contributed by atoms with E-state index in [9.17, 15) is 19.7 Å². The predicted molar refractivity (Wildman–Crippen MR) is 94.4 cm³/mol. The molecule has 0 radical (unpaired) electrons. The number of anilines is 1. The number of halogens is 2. The van der Waals surface area contributed by atoms with Crippen LogP contribution < -0.4 is 4.90 Å². The lowest BCUT2D eigenvalue weighted by Crippen LogP contribution is -2.25. The van der Waals surface area contributed by atoms with Crippen molar-refractivity contribution in [2.75, 3.05) is 17.2 Å². The van der Waals surface area contributed by atoms with Crippen LogP contribution in [0, 0.1) is 19.6 Å². The zero-order chi connectivity index (χ0) is 16.4. The van der Waals surface area contributed by atoms with Gasteiger partial charge in [0.25, 0.3) is 5.69 Å². The van der Waals surface area contributed by atoms with Crippen LogP contribution in [-0.2, 0) is 9.59 Å². The number of carbonyl (C=O) groups is 2. The molecule has 1 heterocycles. The molecule has 1 amide bonds. The molecule has 0 saturated carbocycles. The summed E-state index contributed by atoms with van der Waals surface area (Å²) in [7, 11) is 0. The number of nitro benzene ring substituents is 1. The Morgan fingerprint density at radius 2 is 2.27 bits per heavy atom. The van der Waals surface area contributed by atoms with Crippen LogP contribution in [0.3, 0.4) is 0 Å². The molecule has 1 aromatic carbocycles. The number of rotatable bonds is 4. The maximum atomic E-state index is 12.2. The van der Waals surface area contributed by atoms with Crippen molar-refractivity contribution in [1.82, 2.24) is 0 Å². The minimum atomic E-state index is -0.515. The molecule has 0 spiro atoms. The molecule has 2 rings (SSSR count). The first-order valence-electron chi connectivity index (χ1n) is 6.36. The lowest BCUT2D eigenvalue weighted by Gasteiger charge is -2.17. The Labute approximate surface area is 149 Å². The van der Waals surface area contributed by atoms with E-state index >= 15 is 0 Å². The summed E-state index contributed by atoms with van der Waals surface area (Å²) in [6, 6.07) is 2.82. The standard InChI is InChI=1S/C13H12ClIN2O4S/c1-7(18)22-6-8-2-13(19)16(5-8)11-3-9(14)10(15)4-12(11)17(20)21/h3-4,8H,2,5-6H2,1H3. The van der Waals surface area contributed by atoms with Gasteiger partial charge in [0.05, 0.1) is 9.95 Å². The van der Waals surface area contributed by atoms with E-state index in [0.29, 0.717) is 20.9 Å². The summed E-state index contributed by atoms with van der Waals surface area (Å²) in [5, 5.41) is 11.6. The summed E-state index contributed by atoms with van der Waals surface area (Å²) in [4.78, 5) is 35.3. The first-order valence-corrected chi connectivity index (χ1v) is 8.81. The summed E-state index contributed by atoms with van der Waals surface area (Å²) >= 11 is 9.12. The van der Waals surface area contributed by atoms with Crippen molar-refractivity contribution in [1.29, 1.82) is 0 Å². The molecule has 22 heavy (non-hydrogen) atoms. The second-order valence-corrected chi connectivity index (χ2v) is 7.66. The first-order chi connectivity index (χ1) is 10.3. The van der Waals surface area contributed by atoms with Crippen LogP contribution in [0.1, 0.15) is 13.3 Å². The van der Waals surface area contributed by atoms with Gasteiger partial charge in [-0.05, 0) is 34.6 Å². The first kappa shape index (κ1) is 17.5. The third kappa shape index (κ3) is 3.90. The van der Waals surface area contributed by atoms with Gasteiger partial charge >= 0.3 is 0 Å². The van der Waals surface area contributed by atoms with Crippen molar-refractivity contribution in [2.45, 2.75) is 13.3 Å². The molecule has 9 heteroatoms. The number of thioether (sulfide) groups is 1. The van der Waals surface area contributed by atoms with Gasteiger partial charge in [-0.3, -0.25) is 19.7 Å². The Morgan fingerprint density at radius 3 is 2.86 bits per heavy atom. The van der Waals surface area contributed by atoms with E-state index in [1.54, 1.807) is 0 Å². The van der Waals surface area contributed by atoms with Crippen molar-refractivity contribution in [3.05, 3.63) is 30.8 Å². The molecule has 118 valence electrons. The van der Waals surface area contributed by atoms with Crippen molar-refractivity contribution in [3.8, 4) is 0 Å². The van der Waals surface area contributed by atoms with Crippen LogP contribution in [-0.4, -0.2) is 28.2 Å². The number of hydrogen-bond donors (Lipinski definition) is 0. The van der Waals surface area contributed by atoms with Crippen molar-refractivity contribution >= 4 is 68.4 Å². The molecule has 0 N–H and O–H groups in total. The highest BCUT2D eigenvalue weighted by Gasteiger charge is 2.34. The molecule has 0 aliphatic carbocycles. The lowest BCUT2D eigenvalue weighted by atomic mass is 10.1. The molecule has 0 bridgehead atoms. The molecule has 1 atom stereocenters. The van der Waals surface area contributed by atoms with Gasteiger partial charge in [-0.2, -0.15) is 0 Å². The van der Waals surface area contributed by atoms with Crippen LogP contribution in [0.4, 0.5) is 11.4 Å². The van der Waals surface area contributed by atoms with Crippen LogP contribution in [0.25, 0.3) is 0 Å². The minimum Gasteiger partial charge on any atom is -0.306 e. The fraction of sp³-hybridized carbons (Fsp3) is 0.385. The third-order valence-corrected chi connectivity index (χ3v) is 5.80. The molecule has 1 fully saturated rings. The number of benzene rings is 1. The van der Waals surface area contributed by atoms with E-state index in [1.165, 1.54) is 24.0 Å². The van der Waals surface area contributed by atoms with Crippen molar-refractivity contribution in [2.24, 2.45) is 5.92 Å². The highest BCUT2D eigenvalue weighted by atomic mass is 127. The molecule has 1 saturated heterocycles. The number of amides is 1. The number of hydrogen-bond acceptors (Lipinski definition) is 5. The Balaban J connectivity index is 2.28. The summed E-state index contributed by atoms with van der Waals surface area (Å²) in [5.74, 6) is 0.345. The van der Waals surface area contributed by atoms with Gasteiger partial charge < -0.3 is 4.90 Å². The molecular weight excluding hydrogens is 443 g/mol. The molecule has 0 aromatic heterocycles. The second kappa shape index (κ2) is 7.14. The summed E-state index contributed by atoms with van der Waals surface area (Å²) in [6.07, 6.45) is 0.279. The van der Waals surface area contributed by atoms with Crippen LogP contribution in [0.15, 0.2) is 12.1 Å². The van der Waals surface area contributed by atoms with E-state index in [2.05, 4.69) is 0 Å². The maximum Gasteiger partial charge on any atom is 0.294 e. The Morgan fingerprint density at radius 1 is 1.59 bits per heavy atom. The molecular formula is C13H12ClIN2O4S. The zero-order valence-corrected chi connectivity index (χ0v) is 15.3. The van der Waals surface area contributed by atoms with E-state index in [0.717, 1.165) is 11.8 Å². The second-order valence-electron chi connectivity index (χ2n) is 4.89. The Kier molecular flexibility index (Phi) is 5.67. The number of nitrogens with zero attached hydrogens (tertiary/aromatic N) is 2. The molecule has 1 aliphatic heterocycles. The monoisotopic (exact) mass is 454 g/mol. The quantitative estimate of drug-likeness (QED) is 0.395. The highest BCUT2D eigenvalue weighted by molar-refractivity contribution is 14.1. The van der Waals surface area contributed by atoms with Crippen LogP contribution >= 0.6 is 46.0 Å². The molecule has 1 aliphatic rings. The molecule has 1 aromatic rings. The molecule has 6 nitrogen and oxygen atoms in total. The fourth-order valence-electron chi connectivity index (χ4n) is 2.25. The van der Waals surface area contributed by atoms with Crippen LogP contribution in [0.5, 0.6) is 0 Å². The predicted octanol–water partition coefficient (Wildman–Crippen LogP) is 3.49. The van der Waals surface area contributed by atoms with Gasteiger partial charge in [-0.25, -0.2) is 0 Å². The Hall–Kier alpha value is -0.870. The van der Waals surface area contributed by atoms with Crippen LogP contribution in [0.2, 0.25) is 5.02 Å². The number of carbonyl (C=O) groups excluding carboxylic acids is 2. The highest BCUT2D eigenvalue weighted by Crippen LogP contribution is 2.37. The smallest absolute Gasteiger partial charge is 0.294 e. The van der Waals surface area contributed by atoms with Gasteiger partial charge in [0.15, 0.2) is 5.12 Å². The van der Waals surface area contributed by atoms with Gasteiger partial charge in [-0.15, -0.1) is 0 Å². The van der Waals surface area contributed by atoms with E-state index in [4.69, 9.17) is 11.6 Å². The fourth-order valence-corrected chi connectivity index (χ4v) is 3.55. The van der Waals surface area contributed by atoms with E-state index in [-0.39, 0.29) is 34.7 Å². The molecule has 1 unspecified atom stereocenters. The topological polar surface area (TPSA) is 80.5 Å². The largest absolute Gasteiger partial charge is 0.306 e. The third-order valence-electron chi connectivity index (χ3n) is 3.23. The van der Waals surface area contributed by atoms with Gasteiger partial charge in [0.2, 0.25) is 5.91 Å². The SMILES string of the molecule is CC(=O)SCC1CC(=O)N(c2cc(Cl)c(I)cc2[N+](=O)[O-])C1. The average Bonchev–Trinajstić information content (AvgIpc) is 2.80. The van der Waals surface area contributed by atoms with E-state index < -0.39 is 4.92 Å². The zero-order valence-electron chi connectivity index (χ0n) is 11.5. The van der Waals surface area contributed by atoms with Gasteiger partial charge in [-0.1, -0.05) is 23.4 Å². The van der Waals surface area contributed by atoms with Gasteiger partial charge in [0.1, 0.15) is 5.69 Å². The lowest BCUT2D eigenvalue weighted by molar-refractivity contribution is -0.384. The minimum absolute atomic E-state index is 0.000873. The van der Waals surface area contributed by atoms with E-state index in [1.807, 2.05) is 22.6 Å². The van der Waals surface area contributed by atoms with Crippen molar-refractivity contribution in [3.63, 3.8) is 0 Å². The van der Waals surface area contributed by atoms with Crippen molar-refractivity contribution < 1.29 is 14.5 Å². The summed E-state index contributed by atoms with van der Waals surface area (Å²) in [5.41, 5.74) is 0.0813. The maximum absolute atomic E-state index is 12.2. The average molecular weight is 455 g/mol. The normalized spacial score (nSPS) is 17.9. The number of nitro groups is 1. The Bertz CT molecular complexity index is 655. The summed E-state index contributed by atoms with van der Waals surface area (Å²) < 4.78 is 0.560. The summed E-state index contributed by atoms with van der Waals surface area (Å²) in [6.45, 7) is 1.83.